The third-order valence-electron chi connectivity index (χ3n) is 4.27. The second-order valence-electron chi connectivity index (χ2n) is 6.28. The fourth-order valence-corrected chi connectivity index (χ4v) is 3.82. The number of hydrogen-bond donors (Lipinski definition) is 1. The summed E-state index contributed by atoms with van der Waals surface area (Å²) in [6.45, 7) is 1.56. The fraction of sp³-hybridized carbons (Fsp3) is 0.421. The molecule has 0 bridgehead atoms. The Balaban J connectivity index is 1.71. The summed E-state index contributed by atoms with van der Waals surface area (Å²) in [7, 11) is 0. The van der Waals surface area contributed by atoms with Crippen LogP contribution >= 0.6 is 11.3 Å². The van der Waals surface area contributed by atoms with Gasteiger partial charge in [0.2, 0.25) is 0 Å². The van der Waals surface area contributed by atoms with E-state index in [1.165, 1.54) is 11.3 Å². The number of thiazole rings is 1. The average molecular weight is 374 g/mol. The van der Waals surface area contributed by atoms with Crippen molar-refractivity contribution in [2.24, 2.45) is 0 Å². The van der Waals surface area contributed by atoms with Crippen molar-refractivity contribution >= 4 is 23.2 Å². The van der Waals surface area contributed by atoms with Gasteiger partial charge in [0, 0.05) is 31.5 Å². The van der Waals surface area contributed by atoms with Gasteiger partial charge in [-0.15, -0.1) is 11.3 Å². The number of amides is 1. The van der Waals surface area contributed by atoms with Crippen LogP contribution in [0.5, 0.6) is 0 Å². The summed E-state index contributed by atoms with van der Waals surface area (Å²) < 4.78 is 5.64. The number of aliphatic carboxylic acids is 1. The lowest BCUT2D eigenvalue weighted by molar-refractivity contribution is -0.137. The molecule has 2 aromatic rings. The molecule has 1 atom stereocenters. The highest BCUT2D eigenvalue weighted by atomic mass is 32.1. The zero-order valence-electron chi connectivity index (χ0n) is 14.5. The summed E-state index contributed by atoms with van der Waals surface area (Å²) in [4.78, 5) is 29.9. The minimum absolute atomic E-state index is 0.00358. The van der Waals surface area contributed by atoms with Gasteiger partial charge in [0.1, 0.15) is 16.8 Å². The van der Waals surface area contributed by atoms with E-state index in [0.29, 0.717) is 25.2 Å². The monoisotopic (exact) mass is 374 g/mol. The zero-order valence-corrected chi connectivity index (χ0v) is 15.3. The molecule has 1 unspecified atom stereocenters. The molecule has 1 N–H and O–H groups in total. The molecule has 3 rings (SSSR count). The van der Waals surface area contributed by atoms with Gasteiger partial charge < -0.3 is 14.7 Å². The Labute approximate surface area is 156 Å². The molecule has 1 amide bonds. The number of hydrogen-bond acceptors (Lipinski definition) is 5. The Morgan fingerprint density at radius 1 is 1.31 bits per heavy atom. The quantitative estimate of drug-likeness (QED) is 0.765. The molecule has 0 radical (unpaired) electrons. The normalized spacial score (nSPS) is 16.5. The minimum atomic E-state index is -0.855. The first-order valence-corrected chi connectivity index (χ1v) is 9.63. The first kappa shape index (κ1) is 18.5. The Morgan fingerprint density at radius 3 is 2.81 bits per heavy atom. The highest BCUT2D eigenvalue weighted by molar-refractivity contribution is 7.09. The Kier molecular flexibility index (Phi) is 6.35. The van der Waals surface area contributed by atoms with Crippen molar-refractivity contribution in [3.8, 4) is 0 Å². The van der Waals surface area contributed by atoms with Gasteiger partial charge >= 0.3 is 5.97 Å². The molecule has 6 nitrogen and oxygen atoms in total. The molecule has 1 aromatic carbocycles. The van der Waals surface area contributed by atoms with Gasteiger partial charge in [-0.2, -0.15) is 0 Å². The van der Waals surface area contributed by atoms with Crippen LogP contribution in [0, 0.1) is 0 Å². The Morgan fingerprint density at radius 2 is 2.12 bits per heavy atom. The van der Waals surface area contributed by atoms with Gasteiger partial charge in [-0.25, -0.2) is 4.98 Å². The number of carboxylic acids is 1. The second kappa shape index (κ2) is 8.91. The maximum Gasteiger partial charge on any atom is 0.303 e. The van der Waals surface area contributed by atoms with E-state index in [-0.39, 0.29) is 18.4 Å². The number of ether oxygens (including phenoxy) is 1. The van der Waals surface area contributed by atoms with Crippen molar-refractivity contribution in [1.82, 2.24) is 9.88 Å². The van der Waals surface area contributed by atoms with Crippen molar-refractivity contribution in [3.05, 3.63) is 52.0 Å². The lowest BCUT2D eigenvalue weighted by Gasteiger charge is -2.21. The maximum atomic E-state index is 12.9. The van der Waals surface area contributed by atoms with Crippen LogP contribution in [0.1, 0.15) is 52.8 Å². The predicted octanol–water partition coefficient (Wildman–Crippen LogP) is 3.50. The summed E-state index contributed by atoms with van der Waals surface area (Å²) in [6, 6.07) is 9.68. The van der Waals surface area contributed by atoms with E-state index in [4.69, 9.17) is 9.84 Å². The molecule has 0 aliphatic carbocycles. The molecule has 0 spiro atoms. The van der Waals surface area contributed by atoms with E-state index < -0.39 is 5.97 Å². The van der Waals surface area contributed by atoms with Gasteiger partial charge in [0.15, 0.2) is 0 Å². The van der Waals surface area contributed by atoms with E-state index in [1.54, 1.807) is 10.3 Å². The molecule has 1 aliphatic rings. The number of nitrogens with zero attached hydrogens (tertiary/aromatic N) is 2. The largest absolute Gasteiger partial charge is 0.481 e. The molecule has 1 aromatic heterocycles. The van der Waals surface area contributed by atoms with E-state index >= 15 is 0 Å². The molecule has 1 saturated heterocycles. The second-order valence-corrected chi connectivity index (χ2v) is 7.17. The van der Waals surface area contributed by atoms with Gasteiger partial charge in [-0.1, -0.05) is 30.3 Å². The predicted molar refractivity (Wildman–Crippen MR) is 98.1 cm³/mol. The smallest absolute Gasteiger partial charge is 0.303 e. The molecule has 1 aliphatic heterocycles. The summed E-state index contributed by atoms with van der Waals surface area (Å²) in [5, 5.41) is 11.5. The van der Waals surface area contributed by atoms with Crippen molar-refractivity contribution in [1.29, 1.82) is 0 Å². The number of carboxylic acid groups (broad SMARTS) is 1. The van der Waals surface area contributed by atoms with E-state index in [2.05, 4.69) is 4.98 Å². The first-order valence-electron chi connectivity index (χ1n) is 8.75. The van der Waals surface area contributed by atoms with Crippen LogP contribution in [0.25, 0.3) is 0 Å². The van der Waals surface area contributed by atoms with Crippen LogP contribution in [-0.2, 0) is 16.1 Å². The maximum absolute atomic E-state index is 12.9. The van der Waals surface area contributed by atoms with Crippen molar-refractivity contribution < 1.29 is 19.4 Å². The van der Waals surface area contributed by atoms with E-state index in [1.807, 2.05) is 30.3 Å². The molecule has 26 heavy (non-hydrogen) atoms. The summed E-state index contributed by atoms with van der Waals surface area (Å²) >= 11 is 1.45. The van der Waals surface area contributed by atoms with Gasteiger partial charge in [0.25, 0.3) is 5.91 Å². The number of carbonyl (C=O) groups is 2. The molecule has 138 valence electrons. The van der Waals surface area contributed by atoms with E-state index in [0.717, 1.165) is 30.0 Å². The van der Waals surface area contributed by atoms with Crippen molar-refractivity contribution in [2.75, 3.05) is 13.2 Å². The third kappa shape index (κ3) is 4.89. The number of aromatic nitrogens is 1. The number of benzene rings is 1. The highest BCUT2D eigenvalue weighted by Crippen LogP contribution is 2.30. The van der Waals surface area contributed by atoms with E-state index in [9.17, 15) is 9.59 Å². The van der Waals surface area contributed by atoms with Crippen LogP contribution in [-0.4, -0.2) is 40.0 Å². The topological polar surface area (TPSA) is 79.7 Å². The van der Waals surface area contributed by atoms with Gasteiger partial charge in [0.05, 0.1) is 0 Å². The van der Waals surface area contributed by atoms with Crippen molar-refractivity contribution in [3.63, 3.8) is 0 Å². The van der Waals surface area contributed by atoms with Crippen LogP contribution < -0.4 is 0 Å². The molecule has 1 fully saturated rings. The SMILES string of the molecule is O=C(O)CCCN(Cc1ccccc1)C(=O)c1csc(C2CCCO2)n1. The standard InChI is InChI=1S/C19H22N2O4S/c22-17(23)9-4-10-21(12-14-6-2-1-3-7-14)19(24)15-13-26-18(20-15)16-8-5-11-25-16/h1-3,6-7,13,16H,4-5,8-12H2,(H,22,23). The van der Waals surface area contributed by atoms with Gasteiger partial charge in [-0.3, -0.25) is 9.59 Å². The summed E-state index contributed by atoms with van der Waals surface area (Å²) in [5.41, 5.74) is 1.41. The number of rotatable bonds is 8. The Bertz CT molecular complexity index is 741. The molecule has 2 heterocycles. The minimum Gasteiger partial charge on any atom is -0.481 e. The zero-order chi connectivity index (χ0) is 18.4. The average Bonchev–Trinajstić information content (AvgIpc) is 3.32. The summed E-state index contributed by atoms with van der Waals surface area (Å²) in [5.74, 6) is -1.02. The van der Waals surface area contributed by atoms with Crippen LogP contribution in [0.15, 0.2) is 35.7 Å². The first-order chi connectivity index (χ1) is 12.6. The van der Waals surface area contributed by atoms with Crippen molar-refractivity contribution in [2.45, 2.75) is 38.3 Å². The number of carbonyl (C=O) groups excluding carboxylic acids is 1. The van der Waals surface area contributed by atoms with Crippen LogP contribution in [0.2, 0.25) is 0 Å². The Hall–Kier alpha value is -2.25. The van der Waals surface area contributed by atoms with Crippen LogP contribution in [0.3, 0.4) is 0 Å². The molecule has 7 heteroatoms. The molecular formula is C19H22N2O4S. The fourth-order valence-electron chi connectivity index (χ4n) is 2.95. The lowest BCUT2D eigenvalue weighted by atomic mass is 10.2. The van der Waals surface area contributed by atoms with Gasteiger partial charge in [-0.05, 0) is 24.8 Å². The molecular weight excluding hydrogens is 352 g/mol. The molecule has 0 saturated carbocycles. The highest BCUT2D eigenvalue weighted by Gasteiger charge is 2.24. The lowest BCUT2D eigenvalue weighted by Crippen LogP contribution is -2.32. The summed E-state index contributed by atoms with van der Waals surface area (Å²) in [6.07, 6.45) is 2.40. The van der Waals surface area contributed by atoms with Crippen LogP contribution in [0.4, 0.5) is 0 Å². The third-order valence-corrected chi connectivity index (χ3v) is 5.21.